The Bertz CT molecular complexity index is 1080. The minimum Gasteiger partial charge on any atom is -0.340 e. The Labute approximate surface area is 145 Å². The van der Waals surface area contributed by atoms with Crippen LogP contribution in [-0.2, 0) is 16.4 Å². The summed E-state index contributed by atoms with van der Waals surface area (Å²) in [5.74, 6) is 0.107. The molecule has 0 atom stereocenters. The molecular formula is C19H17FN2O2S. The van der Waals surface area contributed by atoms with Crippen molar-refractivity contribution >= 4 is 21.3 Å². The van der Waals surface area contributed by atoms with Crippen molar-refractivity contribution in [1.82, 2.24) is 4.57 Å². The van der Waals surface area contributed by atoms with Gasteiger partial charge in [0.15, 0.2) is 0 Å². The number of anilines is 2. The van der Waals surface area contributed by atoms with Gasteiger partial charge in [0.25, 0.3) is 0 Å². The van der Waals surface area contributed by atoms with E-state index in [2.05, 4.69) is 5.32 Å². The standard InChI is InChI=1S/C19H17FN2O2S/c1-12-13(2)22-11-14-5-3-4-6-17(14)21-19(22)18(12)25(23,24)16-9-7-15(20)8-10-16/h3-10,21H,11H2,1-2H3. The highest BCUT2D eigenvalue weighted by molar-refractivity contribution is 7.91. The average molecular weight is 356 g/mol. The molecule has 1 N–H and O–H groups in total. The van der Waals surface area contributed by atoms with Crippen LogP contribution in [0.15, 0.2) is 58.3 Å². The Morgan fingerprint density at radius 2 is 1.72 bits per heavy atom. The normalized spacial score (nSPS) is 13.1. The molecule has 1 aliphatic rings. The first-order valence-electron chi connectivity index (χ1n) is 7.95. The van der Waals surface area contributed by atoms with Crippen LogP contribution >= 0.6 is 0 Å². The van der Waals surface area contributed by atoms with Crippen LogP contribution in [0.4, 0.5) is 15.9 Å². The first-order chi connectivity index (χ1) is 11.9. The monoisotopic (exact) mass is 356 g/mol. The zero-order valence-corrected chi connectivity index (χ0v) is 14.7. The maximum Gasteiger partial charge on any atom is 0.210 e. The summed E-state index contributed by atoms with van der Waals surface area (Å²) in [5, 5.41) is 3.27. The number of para-hydroxylation sites is 1. The van der Waals surface area contributed by atoms with Crippen molar-refractivity contribution in [1.29, 1.82) is 0 Å². The van der Waals surface area contributed by atoms with Gasteiger partial charge in [-0.3, -0.25) is 0 Å². The van der Waals surface area contributed by atoms with Gasteiger partial charge in [0, 0.05) is 11.4 Å². The summed E-state index contributed by atoms with van der Waals surface area (Å²) in [6, 6.07) is 12.8. The van der Waals surface area contributed by atoms with E-state index in [1.807, 2.05) is 42.7 Å². The van der Waals surface area contributed by atoms with E-state index in [0.29, 0.717) is 17.9 Å². The molecule has 0 bridgehead atoms. The smallest absolute Gasteiger partial charge is 0.210 e. The first-order valence-corrected chi connectivity index (χ1v) is 9.43. The summed E-state index contributed by atoms with van der Waals surface area (Å²) in [4.78, 5) is 0.345. The summed E-state index contributed by atoms with van der Waals surface area (Å²) in [7, 11) is -3.76. The van der Waals surface area contributed by atoms with Crippen LogP contribution in [-0.4, -0.2) is 13.0 Å². The van der Waals surface area contributed by atoms with Crippen LogP contribution in [0, 0.1) is 19.7 Å². The molecule has 1 aromatic heterocycles. The quantitative estimate of drug-likeness (QED) is 0.548. The van der Waals surface area contributed by atoms with Crippen LogP contribution in [0.2, 0.25) is 0 Å². The van der Waals surface area contributed by atoms with Crippen molar-refractivity contribution in [3.8, 4) is 0 Å². The molecule has 6 heteroatoms. The third kappa shape index (κ3) is 2.36. The lowest BCUT2D eigenvalue weighted by molar-refractivity contribution is 0.594. The predicted molar refractivity (Wildman–Crippen MR) is 94.6 cm³/mol. The van der Waals surface area contributed by atoms with Crippen molar-refractivity contribution in [3.63, 3.8) is 0 Å². The molecule has 0 amide bonds. The number of sulfone groups is 1. The van der Waals surface area contributed by atoms with Gasteiger partial charge in [0.05, 0.1) is 11.4 Å². The van der Waals surface area contributed by atoms with Gasteiger partial charge in [0.1, 0.15) is 16.5 Å². The molecule has 1 aliphatic heterocycles. The Kier molecular flexibility index (Phi) is 3.47. The molecule has 0 fully saturated rings. The first kappa shape index (κ1) is 15.9. The van der Waals surface area contributed by atoms with Crippen molar-refractivity contribution in [3.05, 3.63) is 71.2 Å². The molecule has 3 aromatic rings. The number of rotatable bonds is 2. The second-order valence-electron chi connectivity index (χ2n) is 6.21. The molecule has 128 valence electrons. The molecule has 25 heavy (non-hydrogen) atoms. The fourth-order valence-corrected chi connectivity index (χ4v) is 4.99. The summed E-state index contributed by atoms with van der Waals surface area (Å²) < 4.78 is 41.5. The molecule has 0 saturated carbocycles. The van der Waals surface area contributed by atoms with Crippen LogP contribution < -0.4 is 5.32 Å². The van der Waals surface area contributed by atoms with Gasteiger partial charge in [-0.05, 0) is 55.3 Å². The molecule has 2 heterocycles. The SMILES string of the molecule is Cc1c(S(=O)(=O)c2ccc(F)cc2)c2n(c1C)Cc1ccccc1N2. The van der Waals surface area contributed by atoms with E-state index in [0.717, 1.165) is 16.9 Å². The maximum atomic E-state index is 13.2. The highest BCUT2D eigenvalue weighted by atomic mass is 32.2. The minimum atomic E-state index is -3.76. The Morgan fingerprint density at radius 1 is 1.04 bits per heavy atom. The number of aromatic nitrogens is 1. The lowest BCUT2D eigenvalue weighted by Gasteiger charge is -2.23. The summed E-state index contributed by atoms with van der Waals surface area (Å²) in [6.45, 7) is 4.34. The zero-order valence-electron chi connectivity index (χ0n) is 13.9. The van der Waals surface area contributed by atoms with Crippen molar-refractivity contribution in [2.45, 2.75) is 30.2 Å². The predicted octanol–water partition coefficient (Wildman–Crippen LogP) is 4.18. The highest BCUT2D eigenvalue weighted by Gasteiger charge is 2.31. The number of hydrogen-bond acceptors (Lipinski definition) is 3. The van der Waals surface area contributed by atoms with Gasteiger partial charge >= 0.3 is 0 Å². The maximum absolute atomic E-state index is 13.2. The minimum absolute atomic E-state index is 0.0889. The van der Waals surface area contributed by atoms with Crippen LogP contribution in [0.1, 0.15) is 16.8 Å². The largest absolute Gasteiger partial charge is 0.340 e. The van der Waals surface area contributed by atoms with Gasteiger partial charge < -0.3 is 9.88 Å². The van der Waals surface area contributed by atoms with E-state index in [9.17, 15) is 12.8 Å². The Hall–Kier alpha value is -2.60. The zero-order chi connectivity index (χ0) is 17.8. The second kappa shape index (κ2) is 5.46. The fraction of sp³-hybridized carbons (Fsp3) is 0.158. The van der Waals surface area contributed by atoms with Crippen LogP contribution in [0.3, 0.4) is 0 Å². The van der Waals surface area contributed by atoms with E-state index < -0.39 is 15.7 Å². The van der Waals surface area contributed by atoms with Crippen LogP contribution in [0.5, 0.6) is 0 Å². The molecule has 4 nitrogen and oxygen atoms in total. The number of fused-ring (bicyclic) bond motifs is 2. The number of nitrogens with one attached hydrogen (secondary N) is 1. The Balaban J connectivity index is 1.92. The highest BCUT2D eigenvalue weighted by Crippen LogP contribution is 2.40. The van der Waals surface area contributed by atoms with E-state index in [4.69, 9.17) is 0 Å². The lowest BCUT2D eigenvalue weighted by atomic mass is 10.1. The molecule has 0 radical (unpaired) electrons. The molecule has 0 spiro atoms. The van der Waals surface area contributed by atoms with E-state index >= 15 is 0 Å². The lowest BCUT2D eigenvalue weighted by Crippen LogP contribution is -2.15. The van der Waals surface area contributed by atoms with Gasteiger partial charge in [-0.1, -0.05) is 18.2 Å². The summed E-state index contributed by atoms with van der Waals surface area (Å²) in [6.07, 6.45) is 0. The second-order valence-corrected chi connectivity index (χ2v) is 8.10. The van der Waals surface area contributed by atoms with Crippen molar-refractivity contribution in [2.75, 3.05) is 5.32 Å². The van der Waals surface area contributed by atoms with Gasteiger partial charge in [-0.25, -0.2) is 12.8 Å². The third-order valence-corrected chi connectivity index (χ3v) is 6.69. The molecule has 0 unspecified atom stereocenters. The Morgan fingerprint density at radius 3 is 2.44 bits per heavy atom. The van der Waals surface area contributed by atoms with Gasteiger partial charge in [0.2, 0.25) is 9.84 Å². The number of halogens is 1. The molecule has 4 rings (SSSR count). The van der Waals surface area contributed by atoms with E-state index in [1.165, 1.54) is 24.3 Å². The fourth-order valence-electron chi connectivity index (χ4n) is 3.29. The molecule has 0 aliphatic carbocycles. The summed E-state index contributed by atoms with van der Waals surface area (Å²) >= 11 is 0. The number of nitrogens with zero attached hydrogens (tertiary/aromatic N) is 1. The van der Waals surface area contributed by atoms with E-state index in [1.54, 1.807) is 0 Å². The van der Waals surface area contributed by atoms with E-state index in [-0.39, 0.29) is 9.79 Å². The molecule has 0 saturated heterocycles. The average Bonchev–Trinajstić information content (AvgIpc) is 2.84. The molecular weight excluding hydrogens is 339 g/mol. The van der Waals surface area contributed by atoms with Gasteiger partial charge in [-0.2, -0.15) is 0 Å². The van der Waals surface area contributed by atoms with Crippen LogP contribution in [0.25, 0.3) is 0 Å². The van der Waals surface area contributed by atoms with Crippen molar-refractivity contribution < 1.29 is 12.8 Å². The third-order valence-electron chi connectivity index (χ3n) is 4.76. The van der Waals surface area contributed by atoms with Gasteiger partial charge in [-0.15, -0.1) is 0 Å². The number of hydrogen-bond donors (Lipinski definition) is 1. The van der Waals surface area contributed by atoms with Crippen molar-refractivity contribution in [2.24, 2.45) is 0 Å². The number of benzene rings is 2. The topological polar surface area (TPSA) is 51.1 Å². The summed E-state index contributed by atoms with van der Waals surface area (Å²) in [5.41, 5.74) is 3.62. The molecule has 2 aromatic carbocycles.